The molecule has 0 bridgehead atoms. The van der Waals surface area contributed by atoms with Crippen LogP contribution in [0.5, 0.6) is 0 Å². The molecule has 2 heterocycles. The first-order chi connectivity index (χ1) is 10.6. The van der Waals surface area contributed by atoms with Crippen LogP contribution in [0.2, 0.25) is 5.02 Å². The number of sulfone groups is 1. The first kappa shape index (κ1) is 17.0. The zero-order valence-corrected chi connectivity index (χ0v) is 15.6. The summed E-state index contributed by atoms with van der Waals surface area (Å²) in [6.07, 6.45) is 3.64. The Morgan fingerprint density at radius 3 is 2.52 bits per heavy atom. The molecule has 6 nitrogen and oxygen atoms in total. The molecule has 1 saturated carbocycles. The van der Waals surface area contributed by atoms with Gasteiger partial charge in [0.1, 0.15) is 5.82 Å². The molecule has 0 radical (unpaired) electrons. The maximum atomic E-state index is 12.1. The van der Waals surface area contributed by atoms with Crippen molar-refractivity contribution in [2.45, 2.75) is 35.8 Å². The molecule has 0 amide bonds. The number of rotatable bonds is 2. The number of pyridine rings is 1. The molecule has 1 fully saturated rings. The number of hydrogen-bond donors (Lipinski definition) is 2. The van der Waals surface area contributed by atoms with Crippen molar-refractivity contribution in [1.82, 2.24) is 4.98 Å². The van der Waals surface area contributed by atoms with Gasteiger partial charge in [0.15, 0.2) is 14.6 Å². The fourth-order valence-corrected chi connectivity index (χ4v) is 5.63. The van der Waals surface area contributed by atoms with E-state index in [0.717, 1.165) is 11.8 Å². The fraction of sp³-hybridized carbons (Fsp3) is 0.571. The maximum absolute atomic E-state index is 12.1. The number of aliphatic carboxylic acids is 1. The largest absolute Gasteiger partial charge is 0.480 e. The van der Waals surface area contributed by atoms with Gasteiger partial charge in [-0.25, -0.2) is 13.4 Å². The molecule has 126 valence electrons. The Balaban J connectivity index is 2.01. The number of nitrogens with one attached hydrogen (secondary N) is 1. The van der Waals surface area contributed by atoms with Gasteiger partial charge in [-0.3, -0.25) is 4.79 Å². The van der Waals surface area contributed by atoms with Gasteiger partial charge in [0.05, 0.1) is 9.50 Å². The van der Waals surface area contributed by atoms with Crippen LogP contribution in [0.15, 0.2) is 10.7 Å². The number of carboxylic acids is 1. The Morgan fingerprint density at radius 2 is 2.00 bits per heavy atom. The monoisotopic (exact) mass is 422 g/mol. The summed E-state index contributed by atoms with van der Waals surface area (Å²) >= 11 is 9.79. The maximum Gasteiger partial charge on any atom is 0.325 e. The van der Waals surface area contributed by atoms with Crippen LogP contribution in [0.25, 0.3) is 0 Å². The van der Waals surface area contributed by atoms with Crippen LogP contribution in [-0.4, -0.2) is 42.0 Å². The highest BCUT2D eigenvalue weighted by molar-refractivity contribution is 9.10. The lowest BCUT2D eigenvalue weighted by Crippen LogP contribution is -2.52. The molecule has 1 aromatic heterocycles. The number of anilines is 1. The van der Waals surface area contributed by atoms with E-state index in [-0.39, 0.29) is 18.3 Å². The van der Waals surface area contributed by atoms with E-state index in [1.54, 1.807) is 6.20 Å². The first-order valence-electron chi connectivity index (χ1n) is 7.14. The zero-order chi connectivity index (χ0) is 17.0. The lowest BCUT2D eigenvalue weighted by molar-refractivity contribution is -0.141. The SMILES string of the molecule is CS(=O)(=O)C1(C(=O)O)CCC2(CC1)CNc1ncc(Br)c(Cl)c12. The van der Waals surface area contributed by atoms with E-state index in [1.165, 1.54) is 0 Å². The Bertz CT molecular complexity index is 788. The third-order valence-corrected chi connectivity index (χ3v) is 8.44. The Hall–Kier alpha value is -0.860. The lowest BCUT2D eigenvalue weighted by Gasteiger charge is -2.41. The average Bonchev–Trinajstić information content (AvgIpc) is 2.82. The highest BCUT2D eigenvalue weighted by atomic mass is 79.9. The van der Waals surface area contributed by atoms with E-state index in [9.17, 15) is 18.3 Å². The number of carbonyl (C=O) groups is 1. The van der Waals surface area contributed by atoms with Crippen LogP contribution in [-0.2, 0) is 20.0 Å². The molecule has 1 aromatic rings. The van der Waals surface area contributed by atoms with Gasteiger partial charge in [-0.15, -0.1) is 0 Å². The Morgan fingerprint density at radius 1 is 1.39 bits per heavy atom. The summed E-state index contributed by atoms with van der Waals surface area (Å²) in [5.41, 5.74) is 0.494. The van der Waals surface area contributed by atoms with E-state index in [0.29, 0.717) is 34.7 Å². The quantitative estimate of drug-likeness (QED) is 0.759. The molecule has 2 aliphatic rings. The number of nitrogens with zero attached hydrogens (tertiary/aromatic N) is 1. The second-order valence-corrected chi connectivity index (χ2v) is 9.91. The molecule has 0 saturated heterocycles. The summed E-state index contributed by atoms with van der Waals surface area (Å²) in [4.78, 5) is 16.0. The van der Waals surface area contributed by atoms with Crippen LogP contribution < -0.4 is 5.32 Å². The van der Waals surface area contributed by atoms with Gasteiger partial charge in [0.2, 0.25) is 0 Å². The predicted molar refractivity (Wildman–Crippen MR) is 90.8 cm³/mol. The topological polar surface area (TPSA) is 96.4 Å². The van der Waals surface area contributed by atoms with Crippen LogP contribution in [0.3, 0.4) is 0 Å². The second kappa shape index (κ2) is 5.32. The van der Waals surface area contributed by atoms with Gasteiger partial charge < -0.3 is 10.4 Å². The number of carboxylic acid groups (broad SMARTS) is 1. The van der Waals surface area contributed by atoms with Crippen LogP contribution in [0.1, 0.15) is 31.2 Å². The molecule has 2 N–H and O–H groups in total. The molecule has 3 rings (SSSR count). The minimum Gasteiger partial charge on any atom is -0.480 e. The molecule has 23 heavy (non-hydrogen) atoms. The van der Waals surface area contributed by atoms with E-state index < -0.39 is 20.6 Å². The van der Waals surface area contributed by atoms with Crippen molar-refractivity contribution >= 4 is 49.2 Å². The molecule has 9 heteroatoms. The third kappa shape index (κ3) is 2.37. The Kier molecular flexibility index (Phi) is 3.93. The van der Waals surface area contributed by atoms with Crippen molar-refractivity contribution in [3.8, 4) is 0 Å². The molecule has 0 aromatic carbocycles. The van der Waals surface area contributed by atoms with E-state index in [1.807, 2.05) is 0 Å². The number of fused-ring (bicyclic) bond motifs is 2. The van der Waals surface area contributed by atoms with Crippen molar-refractivity contribution in [3.63, 3.8) is 0 Å². The van der Waals surface area contributed by atoms with Gasteiger partial charge in [0, 0.05) is 30.0 Å². The summed E-state index contributed by atoms with van der Waals surface area (Å²) in [5.74, 6) is -0.570. The molecule has 0 unspecified atom stereocenters. The lowest BCUT2D eigenvalue weighted by atomic mass is 9.67. The molecule has 1 aliphatic carbocycles. The van der Waals surface area contributed by atoms with Gasteiger partial charge in [-0.2, -0.15) is 0 Å². The number of aromatic nitrogens is 1. The third-order valence-electron chi connectivity index (χ3n) is 5.21. The molecular formula is C14H16BrClN2O4S. The fourth-order valence-electron chi connectivity index (χ4n) is 3.73. The summed E-state index contributed by atoms with van der Waals surface area (Å²) in [7, 11) is -3.71. The van der Waals surface area contributed by atoms with Crippen molar-refractivity contribution < 1.29 is 18.3 Å². The summed E-state index contributed by atoms with van der Waals surface area (Å²) in [6.45, 7) is 0.588. The van der Waals surface area contributed by atoms with E-state index in [2.05, 4.69) is 26.2 Å². The summed E-state index contributed by atoms with van der Waals surface area (Å²) < 4.78 is 23.1. The van der Waals surface area contributed by atoms with Crippen molar-refractivity contribution in [1.29, 1.82) is 0 Å². The minimum atomic E-state index is -3.71. The predicted octanol–water partition coefficient (Wildman–Crippen LogP) is 2.60. The van der Waals surface area contributed by atoms with Gasteiger partial charge in [0.25, 0.3) is 0 Å². The molecule has 1 aliphatic heterocycles. The standard InChI is InChI=1S/C14H16BrClN2O4S/c1-23(21,22)14(12(19)20)4-2-13(3-5-14)7-18-11-9(13)10(16)8(15)6-17-11/h6H,2-5,7H2,1H3,(H,17,18)(H,19,20). The summed E-state index contributed by atoms with van der Waals surface area (Å²) in [5, 5.41) is 13.3. The van der Waals surface area contributed by atoms with Gasteiger partial charge in [-0.05, 0) is 41.6 Å². The van der Waals surface area contributed by atoms with E-state index >= 15 is 0 Å². The second-order valence-electron chi connectivity index (χ2n) is 6.35. The highest BCUT2D eigenvalue weighted by Crippen LogP contribution is 2.53. The highest BCUT2D eigenvalue weighted by Gasteiger charge is 2.56. The molecular weight excluding hydrogens is 408 g/mol. The van der Waals surface area contributed by atoms with Gasteiger partial charge in [-0.1, -0.05) is 11.6 Å². The van der Waals surface area contributed by atoms with E-state index in [4.69, 9.17) is 11.6 Å². The average molecular weight is 424 g/mol. The van der Waals surface area contributed by atoms with Crippen molar-refractivity contribution in [3.05, 3.63) is 21.3 Å². The number of halogens is 2. The zero-order valence-electron chi connectivity index (χ0n) is 12.4. The molecule has 1 spiro atoms. The van der Waals surface area contributed by atoms with Crippen molar-refractivity contribution in [2.75, 3.05) is 18.1 Å². The minimum absolute atomic E-state index is 0.0745. The smallest absolute Gasteiger partial charge is 0.325 e. The summed E-state index contributed by atoms with van der Waals surface area (Å²) in [6, 6.07) is 0. The van der Waals surface area contributed by atoms with Crippen molar-refractivity contribution in [2.24, 2.45) is 0 Å². The van der Waals surface area contributed by atoms with Crippen LogP contribution in [0.4, 0.5) is 5.82 Å². The first-order valence-corrected chi connectivity index (χ1v) is 10.2. The van der Waals surface area contributed by atoms with Crippen LogP contribution >= 0.6 is 27.5 Å². The normalized spacial score (nSPS) is 30.0. The van der Waals surface area contributed by atoms with Crippen LogP contribution in [0, 0.1) is 0 Å². The van der Waals surface area contributed by atoms with Gasteiger partial charge >= 0.3 is 5.97 Å². The number of hydrogen-bond acceptors (Lipinski definition) is 5. The Labute approximate surface area is 147 Å². The molecule has 0 atom stereocenters.